The van der Waals surface area contributed by atoms with Gasteiger partial charge in [0.15, 0.2) is 0 Å². The van der Waals surface area contributed by atoms with Crippen molar-refractivity contribution in [2.75, 3.05) is 18.2 Å². The molecule has 0 saturated heterocycles. The standard InChI is InChI=1S/C17H21FN2O5S/c1-8-12(18)9(15(22)24-5)6-10-13(8)26-7-11(14(21)19-10)20-16(23)25-17(2,3)4/h6,11H,7H2,1-5H3,(H,19,21)(H,20,23)/t11-/m0/s1. The van der Waals surface area contributed by atoms with E-state index in [1.807, 2.05) is 0 Å². The first-order valence-electron chi connectivity index (χ1n) is 7.88. The molecule has 2 N–H and O–H groups in total. The average Bonchev–Trinajstić information content (AvgIpc) is 2.68. The van der Waals surface area contributed by atoms with Gasteiger partial charge in [-0.1, -0.05) is 0 Å². The van der Waals surface area contributed by atoms with E-state index in [0.29, 0.717) is 10.6 Å². The van der Waals surface area contributed by atoms with Crippen LogP contribution in [0.15, 0.2) is 11.0 Å². The van der Waals surface area contributed by atoms with E-state index < -0.39 is 35.4 Å². The maximum Gasteiger partial charge on any atom is 0.408 e. The second-order valence-corrected chi connectivity index (χ2v) is 7.76. The fourth-order valence-corrected chi connectivity index (χ4v) is 3.47. The maximum atomic E-state index is 14.4. The van der Waals surface area contributed by atoms with E-state index in [0.717, 1.165) is 7.11 Å². The Morgan fingerprint density at radius 2 is 2.04 bits per heavy atom. The topological polar surface area (TPSA) is 93.7 Å². The van der Waals surface area contributed by atoms with Gasteiger partial charge in [-0.3, -0.25) is 4.79 Å². The van der Waals surface area contributed by atoms with Crippen molar-refractivity contribution in [3.8, 4) is 0 Å². The summed E-state index contributed by atoms with van der Waals surface area (Å²) in [7, 11) is 1.15. The number of carbonyl (C=O) groups is 3. The summed E-state index contributed by atoms with van der Waals surface area (Å²) in [6.07, 6.45) is -0.720. The molecular weight excluding hydrogens is 363 g/mol. The second kappa shape index (κ2) is 7.53. The molecule has 2 rings (SSSR count). The van der Waals surface area contributed by atoms with Crippen molar-refractivity contribution in [2.45, 2.75) is 44.2 Å². The zero-order valence-electron chi connectivity index (χ0n) is 15.2. The number of amides is 2. The van der Waals surface area contributed by atoms with Gasteiger partial charge in [0.05, 0.1) is 18.4 Å². The number of rotatable bonds is 2. The molecule has 0 spiro atoms. The van der Waals surface area contributed by atoms with Crippen molar-refractivity contribution < 1.29 is 28.2 Å². The van der Waals surface area contributed by atoms with Crippen LogP contribution < -0.4 is 10.6 Å². The molecule has 0 aliphatic carbocycles. The highest BCUT2D eigenvalue weighted by atomic mass is 32.2. The van der Waals surface area contributed by atoms with Crippen molar-refractivity contribution in [1.29, 1.82) is 0 Å². The molecular formula is C17H21FN2O5S. The summed E-state index contributed by atoms with van der Waals surface area (Å²) in [5, 5.41) is 5.13. The largest absolute Gasteiger partial charge is 0.465 e. The van der Waals surface area contributed by atoms with E-state index in [1.54, 1.807) is 20.8 Å². The molecule has 9 heteroatoms. The van der Waals surface area contributed by atoms with E-state index in [2.05, 4.69) is 15.4 Å². The number of halogens is 1. The van der Waals surface area contributed by atoms with Crippen molar-refractivity contribution in [1.82, 2.24) is 5.32 Å². The Morgan fingerprint density at radius 1 is 1.38 bits per heavy atom. The number of methoxy groups -OCH3 is 1. The van der Waals surface area contributed by atoms with Gasteiger partial charge in [0.25, 0.3) is 0 Å². The lowest BCUT2D eigenvalue weighted by Gasteiger charge is -2.22. The van der Waals surface area contributed by atoms with Gasteiger partial charge in [-0.05, 0) is 33.8 Å². The van der Waals surface area contributed by atoms with Crippen molar-refractivity contribution >= 4 is 35.4 Å². The van der Waals surface area contributed by atoms with Gasteiger partial charge < -0.3 is 20.1 Å². The molecule has 7 nitrogen and oxygen atoms in total. The molecule has 1 heterocycles. The third-order valence-corrected chi connectivity index (χ3v) is 4.82. The molecule has 1 aliphatic heterocycles. The van der Waals surface area contributed by atoms with E-state index in [-0.39, 0.29) is 16.9 Å². The summed E-state index contributed by atoms with van der Waals surface area (Å²) in [6, 6.07) is 0.371. The fraction of sp³-hybridized carbons (Fsp3) is 0.471. The van der Waals surface area contributed by atoms with E-state index in [4.69, 9.17) is 4.74 Å². The normalized spacial score (nSPS) is 16.8. The molecule has 1 aromatic rings. The van der Waals surface area contributed by atoms with Crippen LogP contribution in [0.5, 0.6) is 0 Å². The van der Waals surface area contributed by atoms with Crippen LogP contribution in [0.2, 0.25) is 0 Å². The first-order chi connectivity index (χ1) is 12.0. The van der Waals surface area contributed by atoms with Gasteiger partial charge in [0.2, 0.25) is 5.91 Å². The van der Waals surface area contributed by atoms with E-state index in [1.165, 1.54) is 24.8 Å². The number of thioether (sulfide) groups is 1. The zero-order chi connectivity index (χ0) is 19.6. The number of ether oxygens (including phenoxy) is 2. The first kappa shape index (κ1) is 20.0. The molecule has 0 bridgehead atoms. The van der Waals surface area contributed by atoms with Crippen molar-refractivity contribution in [3.05, 3.63) is 23.0 Å². The first-order valence-corrected chi connectivity index (χ1v) is 8.86. The Hall–Kier alpha value is -2.29. The Bertz CT molecular complexity index is 761. The van der Waals surface area contributed by atoms with E-state index >= 15 is 0 Å². The Labute approximate surface area is 155 Å². The lowest BCUT2D eigenvalue weighted by molar-refractivity contribution is -0.117. The predicted molar refractivity (Wildman–Crippen MR) is 95.0 cm³/mol. The van der Waals surface area contributed by atoms with Gasteiger partial charge in [-0.15, -0.1) is 11.8 Å². The molecule has 2 amide bonds. The monoisotopic (exact) mass is 384 g/mol. The number of hydrogen-bond donors (Lipinski definition) is 2. The Kier molecular flexibility index (Phi) is 5.80. The minimum absolute atomic E-state index is 0.190. The minimum atomic E-state index is -0.869. The molecule has 1 aromatic carbocycles. The summed E-state index contributed by atoms with van der Waals surface area (Å²) in [5.41, 5.74) is -0.432. The number of carbonyl (C=O) groups excluding carboxylic acids is 3. The second-order valence-electron chi connectivity index (χ2n) is 6.73. The van der Waals surface area contributed by atoms with Crippen LogP contribution in [-0.4, -0.2) is 42.5 Å². The molecule has 1 aliphatic rings. The quantitative estimate of drug-likeness (QED) is 0.762. The average molecular weight is 384 g/mol. The highest BCUT2D eigenvalue weighted by Gasteiger charge is 2.30. The van der Waals surface area contributed by atoms with Gasteiger partial charge in [0.1, 0.15) is 17.5 Å². The van der Waals surface area contributed by atoms with Crippen LogP contribution in [0.1, 0.15) is 36.7 Å². The number of anilines is 1. The summed E-state index contributed by atoms with van der Waals surface area (Å²) in [6.45, 7) is 6.65. The predicted octanol–water partition coefficient (Wildman–Crippen LogP) is 2.86. The molecule has 0 saturated carbocycles. The number of benzene rings is 1. The zero-order valence-corrected chi connectivity index (χ0v) is 16.0. The van der Waals surface area contributed by atoms with Gasteiger partial charge >= 0.3 is 12.1 Å². The minimum Gasteiger partial charge on any atom is -0.465 e. The molecule has 0 unspecified atom stereocenters. The maximum absolute atomic E-state index is 14.4. The van der Waals surface area contributed by atoms with Crippen molar-refractivity contribution in [2.24, 2.45) is 0 Å². The number of hydrogen-bond acceptors (Lipinski definition) is 6. The lowest BCUT2D eigenvalue weighted by Crippen LogP contribution is -2.46. The van der Waals surface area contributed by atoms with E-state index in [9.17, 15) is 18.8 Å². The summed E-state index contributed by atoms with van der Waals surface area (Å²) >= 11 is 1.20. The lowest BCUT2D eigenvalue weighted by atomic mass is 10.1. The summed E-state index contributed by atoms with van der Waals surface area (Å²) < 4.78 is 24.2. The fourth-order valence-electron chi connectivity index (χ4n) is 2.33. The van der Waals surface area contributed by atoms with Gasteiger partial charge in [-0.2, -0.15) is 0 Å². The Balaban J connectivity index is 2.26. The highest BCUT2D eigenvalue weighted by molar-refractivity contribution is 7.99. The molecule has 1 atom stereocenters. The van der Waals surface area contributed by atoms with Crippen LogP contribution in [0.4, 0.5) is 14.9 Å². The molecule has 142 valence electrons. The van der Waals surface area contributed by atoms with Crippen LogP contribution in [0.25, 0.3) is 0 Å². The molecule has 0 fully saturated rings. The highest BCUT2D eigenvalue weighted by Crippen LogP contribution is 2.37. The molecule has 0 aromatic heterocycles. The number of fused-ring (bicyclic) bond motifs is 1. The summed E-state index contributed by atoms with van der Waals surface area (Å²) in [5.74, 6) is -1.82. The third kappa shape index (κ3) is 4.46. The molecule has 26 heavy (non-hydrogen) atoms. The molecule has 0 radical (unpaired) electrons. The van der Waals surface area contributed by atoms with Crippen LogP contribution in [-0.2, 0) is 14.3 Å². The van der Waals surface area contributed by atoms with Crippen LogP contribution >= 0.6 is 11.8 Å². The van der Waals surface area contributed by atoms with Gasteiger partial charge in [-0.25, -0.2) is 14.0 Å². The van der Waals surface area contributed by atoms with Crippen molar-refractivity contribution in [3.63, 3.8) is 0 Å². The van der Waals surface area contributed by atoms with Crippen LogP contribution in [0.3, 0.4) is 0 Å². The number of nitrogens with one attached hydrogen (secondary N) is 2. The number of esters is 1. The summed E-state index contributed by atoms with van der Waals surface area (Å²) in [4.78, 5) is 36.6. The number of alkyl carbamates (subject to hydrolysis) is 1. The smallest absolute Gasteiger partial charge is 0.408 e. The van der Waals surface area contributed by atoms with Crippen LogP contribution in [0, 0.1) is 12.7 Å². The van der Waals surface area contributed by atoms with Gasteiger partial charge in [0, 0.05) is 16.2 Å². The third-order valence-electron chi connectivity index (χ3n) is 3.50. The SMILES string of the molecule is COC(=O)c1cc2c(c(C)c1F)SC[C@H](NC(=O)OC(C)(C)C)C(=O)N2. The Morgan fingerprint density at radius 3 is 2.62 bits per heavy atom.